The topological polar surface area (TPSA) is 81.9 Å². The number of aromatic nitrogens is 4. The fourth-order valence-corrected chi connectivity index (χ4v) is 3.62. The molecule has 1 fully saturated rings. The van der Waals surface area contributed by atoms with Gasteiger partial charge in [-0.25, -0.2) is 9.07 Å². The van der Waals surface area contributed by atoms with Crippen molar-refractivity contribution in [3.63, 3.8) is 0 Å². The number of halogens is 2. The van der Waals surface area contributed by atoms with Crippen LogP contribution in [0.1, 0.15) is 18.4 Å². The van der Waals surface area contributed by atoms with Gasteiger partial charge in [0.05, 0.1) is 16.8 Å². The van der Waals surface area contributed by atoms with Gasteiger partial charge in [0.15, 0.2) is 0 Å². The van der Waals surface area contributed by atoms with E-state index in [1.54, 1.807) is 18.2 Å². The Morgan fingerprint density at radius 2 is 2.04 bits per heavy atom. The molecule has 1 aromatic heterocycles. The van der Waals surface area contributed by atoms with Crippen LogP contribution in [0.4, 0.5) is 10.1 Å². The maximum absolute atomic E-state index is 14.4. The fourth-order valence-electron chi connectivity index (χ4n) is 3.43. The second-order valence-corrected chi connectivity index (χ2v) is 7.01. The first-order valence-corrected chi connectivity index (χ1v) is 9.14. The highest BCUT2D eigenvalue weighted by Crippen LogP contribution is 2.37. The summed E-state index contributed by atoms with van der Waals surface area (Å²) in [7, 11) is 0. The van der Waals surface area contributed by atoms with Crippen molar-refractivity contribution >= 4 is 23.2 Å². The van der Waals surface area contributed by atoms with Gasteiger partial charge in [-0.2, -0.15) is 0 Å². The lowest BCUT2D eigenvalue weighted by Gasteiger charge is -2.36. The predicted octanol–water partition coefficient (Wildman–Crippen LogP) is 3.14. The van der Waals surface area contributed by atoms with Crippen LogP contribution in [0, 0.1) is 5.82 Å². The summed E-state index contributed by atoms with van der Waals surface area (Å²) >= 11 is 6.15. The molecule has 28 heavy (non-hydrogen) atoms. The van der Waals surface area contributed by atoms with Gasteiger partial charge in [0.25, 0.3) is 0 Å². The van der Waals surface area contributed by atoms with Crippen molar-refractivity contribution in [3.8, 4) is 5.69 Å². The third kappa shape index (κ3) is 3.48. The molecule has 0 saturated carbocycles. The molecule has 4 rings (SSSR count). The SMILES string of the molecule is O=C(Nc1cc(-n2cnnn2)ccc1F)C1(c2cccc(Cl)c2)CCOCC1. The number of amides is 1. The van der Waals surface area contributed by atoms with Gasteiger partial charge in [0, 0.05) is 18.2 Å². The second kappa shape index (κ2) is 7.65. The molecule has 1 N–H and O–H groups in total. The molecule has 2 heterocycles. The van der Waals surface area contributed by atoms with Crippen LogP contribution in [0.5, 0.6) is 0 Å². The lowest BCUT2D eigenvalue weighted by molar-refractivity contribution is -0.125. The van der Waals surface area contributed by atoms with E-state index < -0.39 is 11.2 Å². The van der Waals surface area contributed by atoms with Crippen LogP contribution in [-0.4, -0.2) is 39.3 Å². The summed E-state index contributed by atoms with van der Waals surface area (Å²) in [4.78, 5) is 13.3. The largest absolute Gasteiger partial charge is 0.381 e. The van der Waals surface area contributed by atoms with Gasteiger partial charge in [-0.15, -0.1) is 5.10 Å². The predicted molar refractivity (Wildman–Crippen MR) is 101 cm³/mol. The van der Waals surface area contributed by atoms with E-state index in [-0.39, 0.29) is 11.6 Å². The molecule has 2 aromatic carbocycles. The van der Waals surface area contributed by atoms with Gasteiger partial charge < -0.3 is 10.1 Å². The van der Waals surface area contributed by atoms with Gasteiger partial charge in [0.2, 0.25) is 5.91 Å². The van der Waals surface area contributed by atoms with Gasteiger partial charge in [0.1, 0.15) is 12.1 Å². The molecule has 1 amide bonds. The Morgan fingerprint density at radius 3 is 2.75 bits per heavy atom. The summed E-state index contributed by atoms with van der Waals surface area (Å²) in [6, 6.07) is 11.5. The number of anilines is 1. The lowest BCUT2D eigenvalue weighted by Crippen LogP contribution is -2.45. The van der Waals surface area contributed by atoms with E-state index >= 15 is 0 Å². The average molecular weight is 402 g/mol. The Bertz CT molecular complexity index is 990. The number of rotatable bonds is 4. The summed E-state index contributed by atoms with van der Waals surface area (Å²) in [5.41, 5.74) is 0.537. The number of nitrogens with one attached hydrogen (secondary N) is 1. The zero-order valence-corrected chi connectivity index (χ0v) is 15.6. The van der Waals surface area contributed by atoms with E-state index in [4.69, 9.17) is 16.3 Å². The number of hydrogen-bond donors (Lipinski definition) is 1. The Kier molecular flexibility index (Phi) is 5.06. The fraction of sp³-hybridized carbons (Fsp3) is 0.263. The van der Waals surface area contributed by atoms with Gasteiger partial charge in [-0.05, 0) is 59.2 Å². The van der Waals surface area contributed by atoms with Crippen molar-refractivity contribution in [1.29, 1.82) is 0 Å². The van der Waals surface area contributed by atoms with Crippen LogP contribution in [-0.2, 0) is 14.9 Å². The van der Waals surface area contributed by atoms with Gasteiger partial charge in [-0.1, -0.05) is 23.7 Å². The molecule has 0 unspecified atom stereocenters. The van der Waals surface area contributed by atoms with Gasteiger partial charge in [-0.3, -0.25) is 4.79 Å². The van der Waals surface area contributed by atoms with E-state index in [9.17, 15) is 9.18 Å². The minimum absolute atomic E-state index is 0.0610. The first kappa shape index (κ1) is 18.5. The highest BCUT2D eigenvalue weighted by atomic mass is 35.5. The normalized spacial score (nSPS) is 15.9. The first-order valence-electron chi connectivity index (χ1n) is 8.77. The van der Waals surface area contributed by atoms with Crippen molar-refractivity contribution in [3.05, 3.63) is 65.2 Å². The number of nitrogens with zero attached hydrogens (tertiary/aromatic N) is 4. The number of hydrogen-bond acceptors (Lipinski definition) is 5. The van der Waals surface area contributed by atoms with Crippen LogP contribution < -0.4 is 5.32 Å². The maximum Gasteiger partial charge on any atom is 0.235 e. The molecule has 9 heteroatoms. The maximum atomic E-state index is 14.4. The molecule has 0 atom stereocenters. The van der Waals surface area contributed by atoms with Crippen LogP contribution in [0.15, 0.2) is 48.8 Å². The highest BCUT2D eigenvalue weighted by Gasteiger charge is 2.42. The zero-order chi connectivity index (χ0) is 19.6. The summed E-state index contributed by atoms with van der Waals surface area (Å²) < 4.78 is 21.3. The van der Waals surface area contributed by atoms with Crippen molar-refractivity contribution < 1.29 is 13.9 Å². The molecule has 1 saturated heterocycles. The molecule has 0 bridgehead atoms. The molecule has 144 valence electrons. The Balaban J connectivity index is 1.68. The number of benzene rings is 2. The smallest absolute Gasteiger partial charge is 0.235 e. The van der Waals surface area contributed by atoms with Crippen molar-refractivity contribution in [2.45, 2.75) is 18.3 Å². The van der Waals surface area contributed by atoms with E-state index in [0.717, 1.165) is 5.56 Å². The molecule has 1 aliphatic heterocycles. The molecule has 0 radical (unpaired) electrons. The molecule has 0 spiro atoms. The first-order chi connectivity index (χ1) is 13.6. The van der Waals surface area contributed by atoms with Crippen LogP contribution in [0.2, 0.25) is 5.02 Å². The minimum atomic E-state index is -0.847. The monoisotopic (exact) mass is 401 g/mol. The van der Waals surface area contributed by atoms with Gasteiger partial charge >= 0.3 is 0 Å². The number of tetrazole rings is 1. The molecule has 0 aliphatic carbocycles. The minimum Gasteiger partial charge on any atom is -0.381 e. The Morgan fingerprint density at radius 1 is 1.21 bits per heavy atom. The standard InChI is InChI=1S/C19H17ClFN5O2/c20-14-3-1-2-13(10-14)19(6-8-28-9-7-19)18(27)23-17-11-15(4-5-16(17)21)26-12-22-24-25-26/h1-5,10-12H,6-9H2,(H,23,27). The summed E-state index contributed by atoms with van der Waals surface area (Å²) in [6.45, 7) is 0.875. The van der Waals surface area contributed by atoms with E-state index in [1.165, 1.54) is 29.2 Å². The van der Waals surface area contributed by atoms with Crippen LogP contribution in [0.25, 0.3) is 5.69 Å². The van der Waals surface area contributed by atoms with Crippen molar-refractivity contribution in [1.82, 2.24) is 20.2 Å². The molecule has 7 nitrogen and oxygen atoms in total. The van der Waals surface area contributed by atoms with Crippen molar-refractivity contribution in [2.24, 2.45) is 0 Å². The number of carbonyl (C=O) groups excluding carboxylic acids is 1. The average Bonchev–Trinajstić information content (AvgIpc) is 3.25. The highest BCUT2D eigenvalue weighted by molar-refractivity contribution is 6.30. The summed E-state index contributed by atoms with van der Waals surface area (Å²) in [5.74, 6) is -0.843. The molecule has 1 aliphatic rings. The molecular weight excluding hydrogens is 385 g/mol. The summed E-state index contributed by atoms with van der Waals surface area (Å²) in [6.07, 6.45) is 2.35. The molecular formula is C19H17ClFN5O2. The quantitative estimate of drug-likeness (QED) is 0.726. The van der Waals surface area contributed by atoms with E-state index in [1.807, 2.05) is 6.07 Å². The number of ether oxygens (including phenoxy) is 1. The molecule has 3 aromatic rings. The van der Waals surface area contributed by atoms with E-state index in [2.05, 4.69) is 20.8 Å². The third-order valence-electron chi connectivity index (χ3n) is 4.97. The lowest BCUT2D eigenvalue weighted by atomic mass is 9.73. The zero-order valence-electron chi connectivity index (χ0n) is 14.8. The summed E-state index contributed by atoms with van der Waals surface area (Å²) in [5, 5.41) is 14.2. The Hall–Kier alpha value is -2.84. The second-order valence-electron chi connectivity index (χ2n) is 6.58. The van der Waals surface area contributed by atoms with Crippen molar-refractivity contribution in [2.75, 3.05) is 18.5 Å². The Labute approximate surface area is 165 Å². The number of carbonyl (C=O) groups is 1. The third-order valence-corrected chi connectivity index (χ3v) is 5.20. The van der Waals surface area contributed by atoms with E-state index in [0.29, 0.717) is 36.8 Å². The van der Waals surface area contributed by atoms with Crippen LogP contribution in [0.3, 0.4) is 0 Å². The van der Waals surface area contributed by atoms with Crippen LogP contribution >= 0.6 is 11.6 Å².